The van der Waals surface area contributed by atoms with Gasteiger partial charge in [0.1, 0.15) is 0 Å². The fourth-order valence-electron chi connectivity index (χ4n) is 10.4. The van der Waals surface area contributed by atoms with Crippen LogP contribution in [0.15, 0.2) is 199 Å². The van der Waals surface area contributed by atoms with E-state index in [2.05, 4.69) is 229 Å². The lowest BCUT2D eigenvalue weighted by molar-refractivity contribution is 0.490. The molecule has 0 radical (unpaired) electrons. The van der Waals surface area contributed by atoms with Crippen LogP contribution in [0.4, 0.5) is 17.1 Å². The molecule has 0 spiro atoms. The van der Waals surface area contributed by atoms with Gasteiger partial charge in [0, 0.05) is 26.9 Å². The molecule has 1 aliphatic rings. The number of para-hydroxylation sites is 2. The lowest BCUT2D eigenvalue weighted by Gasteiger charge is -2.32. The molecule has 1 nitrogen and oxygen atoms in total. The topological polar surface area (TPSA) is 3.24 Å². The number of nitrogens with zero attached hydrogens (tertiary/aromatic N) is 1. The molecule has 0 saturated heterocycles. The second kappa shape index (κ2) is 14.1. The zero-order chi connectivity index (χ0) is 39.7. The van der Waals surface area contributed by atoms with Crippen molar-refractivity contribution in [3.63, 3.8) is 0 Å². The molecule has 0 aliphatic heterocycles. The molecule has 1 aliphatic carbocycles. The normalized spacial score (nSPS) is 12.9. The Labute approximate surface area is 354 Å². The molecule has 0 bridgehead atoms. The van der Waals surface area contributed by atoms with E-state index in [1.165, 1.54) is 93.3 Å². The van der Waals surface area contributed by atoms with Crippen LogP contribution in [0.1, 0.15) is 37.8 Å². The highest BCUT2D eigenvalue weighted by molar-refractivity contribution is 9.10. The first-order chi connectivity index (χ1) is 29.1. The van der Waals surface area contributed by atoms with Crippen LogP contribution in [-0.4, -0.2) is 0 Å². The highest BCUT2D eigenvalue weighted by atomic mass is 79.9. The predicted molar refractivity (Wildman–Crippen MR) is 257 cm³/mol. The second-order valence-electron chi connectivity index (χ2n) is 15.9. The van der Waals surface area contributed by atoms with E-state index in [1.807, 2.05) is 0 Å². The van der Waals surface area contributed by atoms with E-state index >= 15 is 0 Å². The van der Waals surface area contributed by atoms with E-state index in [-0.39, 0.29) is 5.41 Å². The maximum atomic E-state index is 4.02. The zero-order valence-corrected chi connectivity index (χ0v) is 34.8. The molecule has 0 aromatic heterocycles. The van der Waals surface area contributed by atoms with Crippen LogP contribution in [-0.2, 0) is 5.41 Å². The van der Waals surface area contributed by atoms with Gasteiger partial charge >= 0.3 is 0 Å². The summed E-state index contributed by atoms with van der Waals surface area (Å²) in [6.45, 7) is 4.75. The number of rotatable bonds is 7. The molecular formula is C57H42BrN. The minimum absolute atomic E-state index is 0.128. The van der Waals surface area contributed by atoms with Crippen LogP contribution >= 0.6 is 15.9 Å². The number of fused-ring (bicyclic) bond motifs is 7. The summed E-state index contributed by atoms with van der Waals surface area (Å²) in [5.74, 6) is 0. The van der Waals surface area contributed by atoms with Crippen molar-refractivity contribution >= 4 is 76.1 Å². The average Bonchev–Trinajstić information content (AvgIpc) is 3.58. The maximum absolute atomic E-state index is 4.02. The van der Waals surface area contributed by atoms with Gasteiger partial charge in [-0.15, -0.1) is 0 Å². The Bertz CT molecular complexity index is 3100. The van der Waals surface area contributed by atoms with Gasteiger partial charge in [-0.05, 0) is 159 Å². The van der Waals surface area contributed by atoms with Crippen molar-refractivity contribution in [3.05, 3.63) is 210 Å². The van der Waals surface area contributed by atoms with Gasteiger partial charge in [-0.1, -0.05) is 166 Å². The summed E-state index contributed by atoms with van der Waals surface area (Å²) < 4.78 is 1.15. The predicted octanol–water partition coefficient (Wildman–Crippen LogP) is 17.0. The van der Waals surface area contributed by atoms with Crippen molar-refractivity contribution in [1.82, 2.24) is 0 Å². The molecule has 0 unspecified atom stereocenters. The van der Waals surface area contributed by atoms with Gasteiger partial charge in [0.25, 0.3) is 0 Å². The molecule has 10 aromatic rings. The van der Waals surface area contributed by atoms with Crippen LogP contribution in [0, 0.1) is 0 Å². The van der Waals surface area contributed by atoms with Crippen molar-refractivity contribution in [2.45, 2.75) is 32.1 Å². The van der Waals surface area contributed by atoms with Gasteiger partial charge in [-0.25, -0.2) is 0 Å². The van der Waals surface area contributed by atoms with E-state index in [0.29, 0.717) is 0 Å². The monoisotopic (exact) mass is 819 g/mol. The van der Waals surface area contributed by atoms with Crippen LogP contribution in [0.2, 0.25) is 0 Å². The number of halogens is 1. The van der Waals surface area contributed by atoms with Crippen LogP contribution in [0.5, 0.6) is 0 Å². The number of benzene rings is 10. The summed E-state index contributed by atoms with van der Waals surface area (Å²) in [5, 5.41) is 10.0. The fraction of sp³-hybridized carbons (Fsp3) is 0.0877. The quantitative estimate of drug-likeness (QED) is 0.145. The van der Waals surface area contributed by atoms with E-state index in [9.17, 15) is 0 Å². The Morgan fingerprint density at radius 1 is 0.373 bits per heavy atom. The summed E-state index contributed by atoms with van der Waals surface area (Å²) in [7, 11) is 0. The lowest BCUT2D eigenvalue weighted by atomic mass is 9.73. The molecule has 0 amide bonds. The minimum atomic E-state index is -0.128. The van der Waals surface area contributed by atoms with Crippen molar-refractivity contribution in [3.8, 4) is 33.4 Å². The van der Waals surface area contributed by atoms with Crippen molar-refractivity contribution in [2.24, 2.45) is 0 Å². The van der Waals surface area contributed by atoms with E-state index in [1.54, 1.807) is 0 Å². The van der Waals surface area contributed by atoms with Crippen LogP contribution in [0.3, 0.4) is 0 Å². The molecule has 0 saturated carbocycles. The Balaban J connectivity index is 1.14. The molecule has 2 heteroatoms. The largest absolute Gasteiger partial charge is 0.310 e. The lowest BCUT2D eigenvalue weighted by Crippen LogP contribution is -2.23. The molecule has 0 N–H and O–H groups in total. The third kappa shape index (κ3) is 5.36. The first-order valence-electron chi connectivity index (χ1n) is 20.8. The van der Waals surface area contributed by atoms with Gasteiger partial charge in [-0.3, -0.25) is 0 Å². The van der Waals surface area contributed by atoms with Gasteiger partial charge in [0.15, 0.2) is 0 Å². The third-order valence-corrected chi connectivity index (χ3v) is 14.0. The highest BCUT2D eigenvalue weighted by Crippen LogP contribution is 2.56. The van der Waals surface area contributed by atoms with Gasteiger partial charge in [-0.2, -0.15) is 0 Å². The zero-order valence-electron chi connectivity index (χ0n) is 33.2. The first kappa shape index (κ1) is 35.7. The summed E-state index contributed by atoms with van der Waals surface area (Å²) in [6, 6.07) is 71.9. The van der Waals surface area contributed by atoms with Crippen molar-refractivity contribution in [2.75, 3.05) is 4.90 Å². The van der Waals surface area contributed by atoms with Gasteiger partial charge in [0.05, 0.1) is 0 Å². The van der Waals surface area contributed by atoms with Gasteiger partial charge < -0.3 is 4.90 Å². The number of hydrogen-bond donors (Lipinski definition) is 0. The summed E-state index contributed by atoms with van der Waals surface area (Å²) >= 11 is 4.02. The minimum Gasteiger partial charge on any atom is -0.310 e. The second-order valence-corrected chi connectivity index (χ2v) is 16.7. The van der Waals surface area contributed by atoms with Crippen LogP contribution < -0.4 is 4.90 Å². The molecule has 0 atom stereocenters. The molecule has 0 fully saturated rings. The summed E-state index contributed by atoms with van der Waals surface area (Å²) in [6.07, 6.45) is 2.02. The Morgan fingerprint density at radius 2 is 0.746 bits per heavy atom. The molecule has 10 aromatic carbocycles. The standard InChI is InChI=1S/C57H42BrN/c1-3-57(4-2)51-35-37(31-33-41(51)42-34-32-40(36-52(42)57)59(38-19-7-5-8-20-38)39-21-9-6-10-22-39)53-43-23-11-13-25-45(43)54(46-26-14-12-24-44(46)53)55-47-27-15-17-29-49(47)56(58)50-30-18-16-28-48(50)55/h5-36H,3-4H2,1-2H3. The summed E-state index contributed by atoms with van der Waals surface area (Å²) in [4.78, 5) is 2.39. The Morgan fingerprint density at radius 3 is 1.20 bits per heavy atom. The SMILES string of the molecule is CCC1(CC)c2cc(-c3c4ccccc4c(-c4c5ccccc5c(Br)c5ccccc45)c4ccccc34)ccc2-c2ccc(N(c3ccccc3)c3ccccc3)cc21. The van der Waals surface area contributed by atoms with E-state index in [0.717, 1.165) is 28.7 Å². The third-order valence-electron chi connectivity index (χ3n) is 13.2. The maximum Gasteiger partial charge on any atom is 0.0465 e. The average molecular weight is 821 g/mol. The smallest absolute Gasteiger partial charge is 0.0465 e. The van der Waals surface area contributed by atoms with Crippen LogP contribution in [0.25, 0.3) is 76.5 Å². The molecule has 0 heterocycles. The van der Waals surface area contributed by atoms with Crippen molar-refractivity contribution < 1.29 is 0 Å². The van der Waals surface area contributed by atoms with Crippen molar-refractivity contribution in [1.29, 1.82) is 0 Å². The molecule has 59 heavy (non-hydrogen) atoms. The van der Waals surface area contributed by atoms with E-state index in [4.69, 9.17) is 0 Å². The molecule has 11 rings (SSSR count). The van der Waals surface area contributed by atoms with E-state index < -0.39 is 0 Å². The molecular weight excluding hydrogens is 779 g/mol. The molecule has 282 valence electrons. The summed E-state index contributed by atoms with van der Waals surface area (Å²) in [5.41, 5.74) is 14.0. The van der Waals surface area contributed by atoms with Gasteiger partial charge in [0.2, 0.25) is 0 Å². The highest BCUT2D eigenvalue weighted by Gasteiger charge is 2.41. The Kier molecular flexibility index (Phi) is 8.53. The first-order valence-corrected chi connectivity index (χ1v) is 21.6. The fourth-order valence-corrected chi connectivity index (χ4v) is 11.1. The number of hydrogen-bond acceptors (Lipinski definition) is 1. The number of anilines is 3. The Hall–Kier alpha value is -6.48.